The lowest BCUT2D eigenvalue weighted by atomic mass is 10.2. The van der Waals surface area contributed by atoms with E-state index in [0.717, 1.165) is 32.5 Å². The number of likely N-dealkylation sites (tertiary alicyclic amines) is 1. The standard InChI is InChI=1S/C15H24N4O/c1-12(2)9-16-15-17-10-13(11-18-15)14(20)19-7-5-3-4-6-8-19/h10-12H,3-9H2,1-2H3,(H,16,17,18). The van der Waals surface area contributed by atoms with Crippen molar-refractivity contribution in [2.24, 2.45) is 5.92 Å². The molecule has 1 saturated heterocycles. The van der Waals surface area contributed by atoms with Crippen LogP contribution < -0.4 is 5.32 Å². The quantitative estimate of drug-likeness (QED) is 0.918. The van der Waals surface area contributed by atoms with Gasteiger partial charge in [0.15, 0.2) is 0 Å². The van der Waals surface area contributed by atoms with Gasteiger partial charge in [-0.2, -0.15) is 0 Å². The lowest BCUT2D eigenvalue weighted by Gasteiger charge is -2.20. The van der Waals surface area contributed by atoms with E-state index in [4.69, 9.17) is 0 Å². The molecule has 1 aromatic heterocycles. The SMILES string of the molecule is CC(C)CNc1ncc(C(=O)N2CCCCCC2)cn1. The van der Waals surface area contributed by atoms with Gasteiger partial charge in [-0.3, -0.25) is 4.79 Å². The van der Waals surface area contributed by atoms with Crippen molar-refractivity contribution >= 4 is 11.9 Å². The Bertz CT molecular complexity index is 422. The lowest BCUT2D eigenvalue weighted by Crippen LogP contribution is -2.32. The molecule has 1 fully saturated rings. The van der Waals surface area contributed by atoms with E-state index in [0.29, 0.717) is 17.4 Å². The van der Waals surface area contributed by atoms with E-state index in [2.05, 4.69) is 29.1 Å². The van der Waals surface area contributed by atoms with E-state index in [9.17, 15) is 4.79 Å². The van der Waals surface area contributed by atoms with Gasteiger partial charge in [-0.1, -0.05) is 26.7 Å². The maximum Gasteiger partial charge on any atom is 0.256 e. The predicted octanol–water partition coefficient (Wildman–Crippen LogP) is 2.56. The van der Waals surface area contributed by atoms with Crippen LogP contribution in [0.4, 0.5) is 5.95 Å². The summed E-state index contributed by atoms with van der Waals surface area (Å²) in [6, 6.07) is 0. The molecule has 0 atom stereocenters. The Balaban J connectivity index is 1.96. The Labute approximate surface area is 120 Å². The highest BCUT2D eigenvalue weighted by Crippen LogP contribution is 2.13. The zero-order chi connectivity index (χ0) is 14.4. The van der Waals surface area contributed by atoms with E-state index in [1.165, 1.54) is 12.8 Å². The first-order valence-electron chi connectivity index (χ1n) is 7.52. The minimum Gasteiger partial charge on any atom is -0.354 e. The van der Waals surface area contributed by atoms with Gasteiger partial charge in [0.05, 0.1) is 5.56 Å². The third kappa shape index (κ3) is 4.18. The van der Waals surface area contributed by atoms with E-state index in [1.54, 1.807) is 12.4 Å². The third-order valence-electron chi connectivity index (χ3n) is 3.46. The number of carbonyl (C=O) groups is 1. The number of hydrogen-bond donors (Lipinski definition) is 1. The second kappa shape index (κ2) is 7.22. The van der Waals surface area contributed by atoms with Crippen LogP contribution in [-0.2, 0) is 0 Å². The van der Waals surface area contributed by atoms with Gasteiger partial charge in [-0.05, 0) is 18.8 Å². The average molecular weight is 276 g/mol. The number of amides is 1. The van der Waals surface area contributed by atoms with Gasteiger partial charge >= 0.3 is 0 Å². The van der Waals surface area contributed by atoms with Crippen LogP contribution in [0.5, 0.6) is 0 Å². The van der Waals surface area contributed by atoms with Crippen LogP contribution in [0.25, 0.3) is 0 Å². The minimum atomic E-state index is 0.0577. The van der Waals surface area contributed by atoms with Crippen LogP contribution in [0.15, 0.2) is 12.4 Å². The molecular weight excluding hydrogens is 252 g/mol. The van der Waals surface area contributed by atoms with Gasteiger partial charge in [-0.25, -0.2) is 9.97 Å². The summed E-state index contributed by atoms with van der Waals surface area (Å²) in [6.07, 6.45) is 7.89. The molecule has 1 aliphatic heterocycles. The fourth-order valence-corrected chi connectivity index (χ4v) is 2.28. The van der Waals surface area contributed by atoms with Gasteiger partial charge in [0.25, 0.3) is 5.91 Å². The first kappa shape index (κ1) is 14.8. The summed E-state index contributed by atoms with van der Waals surface area (Å²) in [5.74, 6) is 1.19. The van der Waals surface area contributed by atoms with Crippen LogP contribution in [-0.4, -0.2) is 40.4 Å². The van der Waals surface area contributed by atoms with Crippen LogP contribution in [0.2, 0.25) is 0 Å². The Morgan fingerprint density at radius 3 is 2.35 bits per heavy atom. The minimum absolute atomic E-state index is 0.0577. The highest BCUT2D eigenvalue weighted by molar-refractivity contribution is 5.93. The molecule has 0 unspecified atom stereocenters. The summed E-state index contributed by atoms with van der Waals surface area (Å²) < 4.78 is 0. The maximum atomic E-state index is 12.4. The highest BCUT2D eigenvalue weighted by Gasteiger charge is 2.17. The van der Waals surface area contributed by atoms with Gasteiger partial charge in [0.1, 0.15) is 0 Å². The fourth-order valence-electron chi connectivity index (χ4n) is 2.28. The molecule has 0 radical (unpaired) electrons. The Morgan fingerprint density at radius 2 is 1.80 bits per heavy atom. The lowest BCUT2D eigenvalue weighted by molar-refractivity contribution is 0.0761. The highest BCUT2D eigenvalue weighted by atomic mass is 16.2. The van der Waals surface area contributed by atoms with Crippen molar-refractivity contribution in [3.05, 3.63) is 18.0 Å². The van der Waals surface area contributed by atoms with Crippen molar-refractivity contribution in [2.75, 3.05) is 25.0 Å². The summed E-state index contributed by atoms with van der Waals surface area (Å²) in [4.78, 5) is 22.7. The molecule has 2 rings (SSSR count). The van der Waals surface area contributed by atoms with E-state index >= 15 is 0 Å². The summed E-state index contributed by atoms with van der Waals surface area (Å²) in [7, 11) is 0. The Hall–Kier alpha value is -1.65. The van der Waals surface area contributed by atoms with Gasteiger partial charge in [-0.15, -0.1) is 0 Å². The van der Waals surface area contributed by atoms with Crippen LogP contribution in [0, 0.1) is 5.92 Å². The molecule has 0 saturated carbocycles. The molecule has 1 aliphatic rings. The number of anilines is 1. The summed E-state index contributed by atoms with van der Waals surface area (Å²) in [6.45, 7) is 6.80. The Morgan fingerprint density at radius 1 is 1.20 bits per heavy atom. The fraction of sp³-hybridized carbons (Fsp3) is 0.667. The normalized spacial score (nSPS) is 16.1. The van der Waals surface area contributed by atoms with E-state index < -0.39 is 0 Å². The zero-order valence-corrected chi connectivity index (χ0v) is 12.4. The van der Waals surface area contributed by atoms with Gasteiger partial charge < -0.3 is 10.2 Å². The topological polar surface area (TPSA) is 58.1 Å². The van der Waals surface area contributed by atoms with Crippen molar-refractivity contribution in [1.29, 1.82) is 0 Å². The van der Waals surface area contributed by atoms with Crippen LogP contribution in [0.3, 0.4) is 0 Å². The molecule has 0 aliphatic carbocycles. The average Bonchev–Trinajstić information content (AvgIpc) is 2.74. The third-order valence-corrected chi connectivity index (χ3v) is 3.46. The van der Waals surface area contributed by atoms with Crippen molar-refractivity contribution in [2.45, 2.75) is 39.5 Å². The van der Waals surface area contributed by atoms with Crippen LogP contribution in [0.1, 0.15) is 49.9 Å². The molecule has 1 aromatic rings. The number of nitrogens with one attached hydrogen (secondary N) is 1. The van der Waals surface area contributed by atoms with Crippen molar-refractivity contribution < 1.29 is 4.79 Å². The number of carbonyl (C=O) groups excluding carboxylic acids is 1. The zero-order valence-electron chi connectivity index (χ0n) is 12.4. The molecule has 20 heavy (non-hydrogen) atoms. The molecular formula is C15H24N4O. The molecule has 1 amide bonds. The summed E-state index contributed by atoms with van der Waals surface area (Å²) >= 11 is 0. The monoisotopic (exact) mass is 276 g/mol. The molecule has 0 bridgehead atoms. The summed E-state index contributed by atoms with van der Waals surface area (Å²) in [5, 5.41) is 3.15. The van der Waals surface area contributed by atoms with Crippen molar-refractivity contribution in [1.82, 2.24) is 14.9 Å². The number of rotatable bonds is 4. The first-order valence-corrected chi connectivity index (χ1v) is 7.52. The molecule has 0 aromatic carbocycles. The molecule has 5 heteroatoms. The second-order valence-electron chi connectivity index (χ2n) is 5.78. The molecule has 1 N–H and O–H groups in total. The van der Waals surface area contributed by atoms with Gasteiger partial charge in [0, 0.05) is 32.0 Å². The van der Waals surface area contributed by atoms with Gasteiger partial charge in [0.2, 0.25) is 5.95 Å². The molecule has 5 nitrogen and oxygen atoms in total. The maximum absolute atomic E-state index is 12.4. The number of aromatic nitrogens is 2. The Kier molecular flexibility index (Phi) is 5.32. The smallest absolute Gasteiger partial charge is 0.256 e. The van der Waals surface area contributed by atoms with Crippen LogP contribution >= 0.6 is 0 Å². The molecule has 110 valence electrons. The molecule has 2 heterocycles. The second-order valence-corrected chi connectivity index (χ2v) is 5.78. The van der Waals surface area contributed by atoms with E-state index in [-0.39, 0.29) is 5.91 Å². The van der Waals surface area contributed by atoms with Crippen molar-refractivity contribution in [3.63, 3.8) is 0 Å². The van der Waals surface area contributed by atoms with E-state index in [1.807, 2.05) is 4.90 Å². The number of hydrogen-bond acceptors (Lipinski definition) is 4. The predicted molar refractivity (Wildman–Crippen MR) is 79.7 cm³/mol. The largest absolute Gasteiger partial charge is 0.354 e. The number of nitrogens with zero attached hydrogens (tertiary/aromatic N) is 3. The summed E-state index contributed by atoms with van der Waals surface area (Å²) in [5.41, 5.74) is 0.585. The molecule has 0 spiro atoms. The first-order chi connectivity index (χ1) is 9.66. The van der Waals surface area contributed by atoms with Crippen molar-refractivity contribution in [3.8, 4) is 0 Å².